The standard InChI is InChI=1S/C21H20FN3O2S.ClH/c1-27-19-5-4-16(22)11-17(19)18-12-28-21(24-18)25-20(26)15-3-2-13-6-8-23-9-7-14(13)10-15;/h2-5,10-12,23H,6-9H2,1H3,(H,24,25,26);1H. The molecule has 0 bridgehead atoms. The molecule has 4 rings (SSSR count). The van der Waals surface area contributed by atoms with Gasteiger partial charge in [-0.3, -0.25) is 10.1 Å². The number of fused-ring (bicyclic) bond motifs is 1. The fourth-order valence-electron chi connectivity index (χ4n) is 3.32. The molecule has 1 aliphatic rings. The van der Waals surface area contributed by atoms with Gasteiger partial charge in [0.15, 0.2) is 5.13 Å². The van der Waals surface area contributed by atoms with E-state index in [0.29, 0.717) is 27.7 Å². The smallest absolute Gasteiger partial charge is 0.257 e. The minimum absolute atomic E-state index is 0. The normalized spacial score (nSPS) is 13.0. The van der Waals surface area contributed by atoms with Crippen molar-refractivity contribution in [3.05, 3.63) is 64.3 Å². The number of halogens is 2. The average molecular weight is 434 g/mol. The number of nitrogens with one attached hydrogen (secondary N) is 2. The van der Waals surface area contributed by atoms with Crippen LogP contribution in [0.15, 0.2) is 41.8 Å². The van der Waals surface area contributed by atoms with Crippen molar-refractivity contribution in [3.8, 4) is 17.0 Å². The van der Waals surface area contributed by atoms with Crippen LogP contribution in [0.4, 0.5) is 9.52 Å². The molecule has 152 valence electrons. The van der Waals surface area contributed by atoms with Crippen molar-refractivity contribution >= 4 is 34.8 Å². The van der Waals surface area contributed by atoms with E-state index in [0.717, 1.165) is 25.9 Å². The lowest BCUT2D eigenvalue weighted by atomic mass is 10.00. The van der Waals surface area contributed by atoms with Gasteiger partial charge in [0.05, 0.1) is 12.8 Å². The molecule has 0 saturated heterocycles. The van der Waals surface area contributed by atoms with Crippen LogP contribution in [0.1, 0.15) is 21.5 Å². The number of aromatic nitrogens is 1. The van der Waals surface area contributed by atoms with Gasteiger partial charge in [0, 0.05) is 16.5 Å². The Kier molecular flexibility index (Phi) is 6.84. The molecule has 0 saturated carbocycles. The van der Waals surface area contributed by atoms with E-state index >= 15 is 0 Å². The number of rotatable bonds is 4. The zero-order valence-electron chi connectivity index (χ0n) is 15.8. The summed E-state index contributed by atoms with van der Waals surface area (Å²) in [5, 5.41) is 8.44. The molecule has 2 N–H and O–H groups in total. The number of nitrogens with zero attached hydrogens (tertiary/aromatic N) is 1. The highest BCUT2D eigenvalue weighted by atomic mass is 35.5. The molecule has 0 fully saturated rings. The Morgan fingerprint density at radius 3 is 2.76 bits per heavy atom. The van der Waals surface area contributed by atoms with E-state index in [9.17, 15) is 9.18 Å². The zero-order chi connectivity index (χ0) is 19.5. The van der Waals surface area contributed by atoms with Crippen LogP contribution < -0.4 is 15.4 Å². The predicted octanol–water partition coefficient (Wildman–Crippen LogP) is 4.32. The summed E-state index contributed by atoms with van der Waals surface area (Å²) in [4.78, 5) is 17.1. The maximum Gasteiger partial charge on any atom is 0.257 e. The second-order valence-corrected chi connectivity index (χ2v) is 7.43. The molecule has 0 radical (unpaired) electrons. The third-order valence-corrected chi connectivity index (χ3v) is 5.53. The van der Waals surface area contributed by atoms with Crippen LogP contribution in [0.25, 0.3) is 11.3 Å². The fourth-order valence-corrected chi connectivity index (χ4v) is 4.03. The third-order valence-electron chi connectivity index (χ3n) is 4.77. The van der Waals surface area contributed by atoms with Crippen molar-refractivity contribution in [1.29, 1.82) is 0 Å². The summed E-state index contributed by atoms with van der Waals surface area (Å²) in [6.45, 7) is 1.88. The van der Waals surface area contributed by atoms with Gasteiger partial charge in [-0.15, -0.1) is 23.7 Å². The molecule has 0 unspecified atom stereocenters. The van der Waals surface area contributed by atoms with E-state index in [1.165, 1.54) is 41.7 Å². The summed E-state index contributed by atoms with van der Waals surface area (Å²) in [7, 11) is 1.53. The SMILES string of the molecule is COc1ccc(F)cc1-c1csc(NC(=O)c2ccc3c(c2)CCNCC3)n1.Cl. The van der Waals surface area contributed by atoms with Crippen LogP contribution >= 0.6 is 23.7 Å². The van der Waals surface area contributed by atoms with Crippen molar-refractivity contribution < 1.29 is 13.9 Å². The Hall–Kier alpha value is -2.48. The predicted molar refractivity (Wildman–Crippen MR) is 116 cm³/mol. The Bertz CT molecular complexity index is 1020. The molecule has 2 aromatic carbocycles. The van der Waals surface area contributed by atoms with Gasteiger partial charge in [0.2, 0.25) is 0 Å². The number of methoxy groups -OCH3 is 1. The molecule has 2 heterocycles. The number of carbonyl (C=O) groups excluding carboxylic acids is 1. The molecule has 8 heteroatoms. The lowest BCUT2D eigenvalue weighted by Crippen LogP contribution is -2.16. The molecular weight excluding hydrogens is 413 g/mol. The van der Waals surface area contributed by atoms with Gasteiger partial charge in [-0.25, -0.2) is 9.37 Å². The first-order valence-corrected chi connectivity index (χ1v) is 9.95. The van der Waals surface area contributed by atoms with Crippen molar-refractivity contribution in [2.24, 2.45) is 0 Å². The first-order chi connectivity index (χ1) is 13.6. The molecule has 1 aliphatic heterocycles. The van der Waals surface area contributed by atoms with Crippen molar-refractivity contribution in [2.75, 3.05) is 25.5 Å². The van der Waals surface area contributed by atoms with Crippen LogP contribution in [0.3, 0.4) is 0 Å². The number of thiazole rings is 1. The molecular formula is C21H21ClFN3O2S. The van der Waals surface area contributed by atoms with E-state index in [1.807, 2.05) is 18.2 Å². The second-order valence-electron chi connectivity index (χ2n) is 6.57. The summed E-state index contributed by atoms with van der Waals surface area (Å²) in [5.41, 5.74) is 4.22. The maximum atomic E-state index is 13.6. The first kappa shape index (κ1) is 21.2. The summed E-state index contributed by atoms with van der Waals surface area (Å²) in [6.07, 6.45) is 1.89. The van der Waals surface area contributed by atoms with Crippen LogP contribution in [0.5, 0.6) is 5.75 Å². The van der Waals surface area contributed by atoms with Gasteiger partial charge in [-0.05, 0) is 67.4 Å². The van der Waals surface area contributed by atoms with Crippen molar-refractivity contribution in [3.63, 3.8) is 0 Å². The summed E-state index contributed by atoms with van der Waals surface area (Å²) in [6, 6.07) is 10.1. The first-order valence-electron chi connectivity index (χ1n) is 9.07. The Balaban J connectivity index is 0.00000240. The van der Waals surface area contributed by atoms with Gasteiger partial charge in [-0.1, -0.05) is 6.07 Å². The lowest BCUT2D eigenvalue weighted by molar-refractivity contribution is 0.102. The number of hydrogen-bond donors (Lipinski definition) is 2. The number of amides is 1. The van der Waals surface area contributed by atoms with E-state index in [4.69, 9.17) is 4.74 Å². The van der Waals surface area contributed by atoms with E-state index in [1.54, 1.807) is 11.4 Å². The number of hydrogen-bond acceptors (Lipinski definition) is 5. The molecule has 0 aliphatic carbocycles. The molecule has 3 aromatic rings. The third kappa shape index (κ3) is 4.75. The molecule has 1 aromatic heterocycles. The maximum absolute atomic E-state index is 13.6. The minimum Gasteiger partial charge on any atom is -0.496 e. The molecule has 0 spiro atoms. The van der Waals surface area contributed by atoms with E-state index < -0.39 is 0 Å². The number of benzene rings is 2. The lowest BCUT2D eigenvalue weighted by Gasteiger charge is -2.08. The fraction of sp³-hybridized carbons (Fsp3) is 0.238. The van der Waals surface area contributed by atoms with E-state index in [-0.39, 0.29) is 24.1 Å². The van der Waals surface area contributed by atoms with E-state index in [2.05, 4.69) is 15.6 Å². The number of carbonyl (C=O) groups is 1. The molecule has 29 heavy (non-hydrogen) atoms. The van der Waals surface area contributed by atoms with Gasteiger partial charge < -0.3 is 10.1 Å². The van der Waals surface area contributed by atoms with Crippen LogP contribution in [-0.2, 0) is 12.8 Å². The highest BCUT2D eigenvalue weighted by molar-refractivity contribution is 7.14. The molecule has 0 atom stereocenters. The molecule has 1 amide bonds. The minimum atomic E-state index is -0.367. The molecule has 5 nitrogen and oxygen atoms in total. The van der Waals surface area contributed by atoms with Crippen LogP contribution in [0.2, 0.25) is 0 Å². The largest absolute Gasteiger partial charge is 0.496 e. The number of ether oxygens (including phenoxy) is 1. The summed E-state index contributed by atoms with van der Waals surface area (Å²) >= 11 is 1.29. The Morgan fingerprint density at radius 2 is 1.97 bits per heavy atom. The van der Waals surface area contributed by atoms with Crippen LogP contribution in [0, 0.1) is 5.82 Å². The quantitative estimate of drug-likeness (QED) is 0.643. The van der Waals surface area contributed by atoms with Gasteiger partial charge in [0.1, 0.15) is 11.6 Å². The summed E-state index contributed by atoms with van der Waals surface area (Å²) in [5.74, 6) is -0.0371. The topological polar surface area (TPSA) is 63.2 Å². The Labute approximate surface area is 178 Å². The summed E-state index contributed by atoms with van der Waals surface area (Å²) < 4.78 is 18.9. The zero-order valence-corrected chi connectivity index (χ0v) is 17.5. The van der Waals surface area contributed by atoms with Crippen molar-refractivity contribution in [1.82, 2.24) is 10.3 Å². The highest BCUT2D eigenvalue weighted by Gasteiger charge is 2.15. The Morgan fingerprint density at radius 1 is 1.17 bits per heavy atom. The average Bonchev–Trinajstić information content (AvgIpc) is 3.03. The second kappa shape index (κ2) is 9.35. The number of anilines is 1. The van der Waals surface area contributed by atoms with Gasteiger partial charge in [-0.2, -0.15) is 0 Å². The monoisotopic (exact) mass is 433 g/mol. The van der Waals surface area contributed by atoms with Crippen molar-refractivity contribution in [2.45, 2.75) is 12.8 Å². The highest BCUT2D eigenvalue weighted by Crippen LogP contribution is 2.33. The van der Waals surface area contributed by atoms with Crippen LogP contribution in [-0.4, -0.2) is 31.1 Å². The van der Waals surface area contributed by atoms with Gasteiger partial charge >= 0.3 is 0 Å². The van der Waals surface area contributed by atoms with Gasteiger partial charge in [0.25, 0.3) is 5.91 Å².